The van der Waals surface area contributed by atoms with Gasteiger partial charge in [-0.05, 0) is 44.0 Å². The maximum absolute atomic E-state index is 13.9. The molecule has 2 atom stereocenters. The van der Waals surface area contributed by atoms with Crippen LogP contribution in [0.3, 0.4) is 0 Å². The van der Waals surface area contributed by atoms with Crippen molar-refractivity contribution in [3.63, 3.8) is 0 Å². The van der Waals surface area contributed by atoms with Gasteiger partial charge in [0.2, 0.25) is 5.91 Å². The molecular formula is C15H20FN3O2. The Labute approximate surface area is 123 Å². The molecule has 1 aliphatic heterocycles. The third-order valence-electron chi connectivity index (χ3n) is 3.77. The van der Waals surface area contributed by atoms with Crippen LogP contribution in [-0.4, -0.2) is 35.8 Å². The highest BCUT2D eigenvalue weighted by atomic mass is 19.1. The second kappa shape index (κ2) is 6.22. The first-order chi connectivity index (χ1) is 9.92. The highest BCUT2D eigenvalue weighted by Crippen LogP contribution is 2.26. The minimum absolute atomic E-state index is 0.0224. The van der Waals surface area contributed by atoms with Crippen LogP contribution in [0, 0.1) is 11.7 Å². The summed E-state index contributed by atoms with van der Waals surface area (Å²) in [7, 11) is 0. The van der Waals surface area contributed by atoms with Crippen molar-refractivity contribution in [2.45, 2.75) is 26.3 Å². The lowest BCUT2D eigenvalue weighted by molar-refractivity contribution is -0.114. The molecule has 6 heteroatoms. The normalized spacial score (nSPS) is 21.4. The van der Waals surface area contributed by atoms with Crippen molar-refractivity contribution in [3.8, 4) is 0 Å². The standard InChI is InChI=1S/C15H20FN3O2/c1-9-5-11(7-17)8-19(9)15(21)13-6-12(18-10(2)20)3-4-14(13)16/h3-4,6,9,11H,5,7-8,17H2,1-2H3,(H,18,20). The average Bonchev–Trinajstić information content (AvgIpc) is 2.81. The van der Waals surface area contributed by atoms with E-state index in [4.69, 9.17) is 5.73 Å². The van der Waals surface area contributed by atoms with Gasteiger partial charge in [-0.2, -0.15) is 0 Å². The van der Waals surface area contributed by atoms with E-state index in [2.05, 4.69) is 5.32 Å². The molecule has 3 N–H and O–H groups in total. The number of nitrogens with two attached hydrogens (primary N) is 1. The van der Waals surface area contributed by atoms with Crippen molar-refractivity contribution in [2.75, 3.05) is 18.4 Å². The molecule has 0 radical (unpaired) electrons. The Bertz CT molecular complexity index is 562. The van der Waals surface area contributed by atoms with Crippen LogP contribution in [0.25, 0.3) is 0 Å². The first kappa shape index (κ1) is 15.4. The van der Waals surface area contributed by atoms with Crippen molar-refractivity contribution >= 4 is 17.5 Å². The third kappa shape index (κ3) is 3.39. The molecule has 2 amide bonds. The maximum Gasteiger partial charge on any atom is 0.257 e. The number of hydrogen-bond donors (Lipinski definition) is 2. The molecule has 0 saturated carbocycles. The third-order valence-corrected chi connectivity index (χ3v) is 3.77. The van der Waals surface area contributed by atoms with E-state index in [0.29, 0.717) is 18.8 Å². The van der Waals surface area contributed by atoms with E-state index in [1.54, 1.807) is 4.90 Å². The summed E-state index contributed by atoms with van der Waals surface area (Å²) < 4.78 is 13.9. The molecule has 1 aliphatic rings. The lowest BCUT2D eigenvalue weighted by Gasteiger charge is -2.22. The van der Waals surface area contributed by atoms with E-state index in [1.165, 1.54) is 25.1 Å². The Kier molecular flexibility index (Phi) is 4.57. The fourth-order valence-electron chi connectivity index (χ4n) is 2.72. The second-order valence-electron chi connectivity index (χ2n) is 5.52. The zero-order valence-corrected chi connectivity index (χ0v) is 12.2. The summed E-state index contributed by atoms with van der Waals surface area (Å²) in [6.07, 6.45) is 0.829. The Morgan fingerprint density at radius 1 is 1.48 bits per heavy atom. The summed E-state index contributed by atoms with van der Waals surface area (Å²) in [4.78, 5) is 25.2. The largest absolute Gasteiger partial charge is 0.336 e. The van der Waals surface area contributed by atoms with Gasteiger partial charge in [-0.25, -0.2) is 4.39 Å². The van der Waals surface area contributed by atoms with Crippen molar-refractivity contribution in [3.05, 3.63) is 29.6 Å². The molecule has 1 aromatic rings. The van der Waals surface area contributed by atoms with Gasteiger partial charge in [-0.1, -0.05) is 0 Å². The molecule has 0 aliphatic carbocycles. The van der Waals surface area contributed by atoms with Crippen LogP contribution in [0.2, 0.25) is 0 Å². The van der Waals surface area contributed by atoms with E-state index >= 15 is 0 Å². The maximum atomic E-state index is 13.9. The summed E-state index contributed by atoms with van der Waals surface area (Å²) in [5.74, 6) is -0.955. The van der Waals surface area contributed by atoms with E-state index in [1.807, 2.05) is 6.92 Å². The quantitative estimate of drug-likeness (QED) is 0.888. The van der Waals surface area contributed by atoms with Gasteiger partial charge >= 0.3 is 0 Å². The number of nitrogens with zero attached hydrogens (tertiary/aromatic N) is 1. The molecule has 0 aromatic heterocycles. The Morgan fingerprint density at radius 2 is 2.19 bits per heavy atom. The van der Waals surface area contributed by atoms with Crippen molar-refractivity contribution in [1.29, 1.82) is 0 Å². The molecule has 0 spiro atoms. The molecule has 1 saturated heterocycles. The van der Waals surface area contributed by atoms with Crippen LogP contribution >= 0.6 is 0 Å². The summed E-state index contributed by atoms with van der Waals surface area (Å²) in [6, 6.07) is 4.04. The number of likely N-dealkylation sites (tertiary alicyclic amines) is 1. The highest BCUT2D eigenvalue weighted by Gasteiger charge is 2.33. The molecule has 21 heavy (non-hydrogen) atoms. The minimum atomic E-state index is -0.586. The molecule has 114 valence electrons. The Hall–Kier alpha value is -1.95. The van der Waals surface area contributed by atoms with Crippen LogP contribution in [0.15, 0.2) is 18.2 Å². The summed E-state index contributed by atoms with van der Waals surface area (Å²) in [5.41, 5.74) is 6.04. The molecule has 2 unspecified atom stereocenters. The Balaban J connectivity index is 2.24. The molecule has 5 nitrogen and oxygen atoms in total. The van der Waals surface area contributed by atoms with E-state index < -0.39 is 5.82 Å². The van der Waals surface area contributed by atoms with Crippen molar-refractivity contribution < 1.29 is 14.0 Å². The lowest BCUT2D eigenvalue weighted by Crippen LogP contribution is -2.35. The predicted octanol–water partition coefficient (Wildman–Crippen LogP) is 1.59. The smallest absolute Gasteiger partial charge is 0.257 e. The molecule has 2 rings (SSSR count). The zero-order chi connectivity index (χ0) is 15.6. The number of rotatable bonds is 3. The Morgan fingerprint density at radius 3 is 2.76 bits per heavy atom. The SMILES string of the molecule is CC(=O)Nc1ccc(F)c(C(=O)N2CC(CN)CC2C)c1. The number of carbonyl (C=O) groups excluding carboxylic acids is 2. The predicted molar refractivity (Wildman–Crippen MR) is 78.4 cm³/mol. The van der Waals surface area contributed by atoms with Gasteiger partial charge in [0.05, 0.1) is 5.56 Å². The molecular weight excluding hydrogens is 273 g/mol. The van der Waals surface area contributed by atoms with Gasteiger partial charge in [-0.3, -0.25) is 9.59 Å². The van der Waals surface area contributed by atoms with Crippen molar-refractivity contribution in [2.24, 2.45) is 11.7 Å². The number of amides is 2. The number of anilines is 1. The van der Waals surface area contributed by atoms with Gasteiger partial charge < -0.3 is 16.0 Å². The number of carbonyl (C=O) groups is 2. The summed E-state index contributed by atoms with van der Waals surface area (Å²) in [6.45, 7) is 4.35. The van der Waals surface area contributed by atoms with Gasteiger partial charge in [0.25, 0.3) is 5.91 Å². The van der Waals surface area contributed by atoms with Crippen LogP contribution in [0.4, 0.5) is 10.1 Å². The summed E-state index contributed by atoms with van der Waals surface area (Å²) in [5, 5.41) is 2.55. The number of hydrogen-bond acceptors (Lipinski definition) is 3. The fourth-order valence-corrected chi connectivity index (χ4v) is 2.72. The molecule has 1 heterocycles. The zero-order valence-electron chi connectivity index (χ0n) is 12.2. The van der Waals surface area contributed by atoms with E-state index in [0.717, 1.165) is 6.42 Å². The molecule has 1 aromatic carbocycles. The van der Waals surface area contributed by atoms with Gasteiger partial charge in [0.1, 0.15) is 5.82 Å². The van der Waals surface area contributed by atoms with Gasteiger partial charge in [0, 0.05) is 25.2 Å². The highest BCUT2D eigenvalue weighted by molar-refractivity contribution is 5.97. The van der Waals surface area contributed by atoms with Gasteiger partial charge in [0.15, 0.2) is 0 Å². The first-order valence-corrected chi connectivity index (χ1v) is 7.00. The monoisotopic (exact) mass is 293 g/mol. The molecule has 0 bridgehead atoms. The van der Waals surface area contributed by atoms with Crippen LogP contribution in [0.1, 0.15) is 30.6 Å². The van der Waals surface area contributed by atoms with Crippen LogP contribution < -0.4 is 11.1 Å². The molecule has 1 fully saturated rings. The van der Waals surface area contributed by atoms with Gasteiger partial charge in [-0.15, -0.1) is 0 Å². The van der Waals surface area contributed by atoms with Crippen LogP contribution in [-0.2, 0) is 4.79 Å². The summed E-state index contributed by atoms with van der Waals surface area (Å²) >= 11 is 0. The van der Waals surface area contributed by atoms with E-state index in [-0.39, 0.29) is 29.3 Å². The van der Waals surface area contributed by atoms with Crippen LogP contribution in [0.5, 0.6) is 0 Å². The number of nitrogens with one attached hydrogen (secondary N) is 1. The van der Waals surface area contributed by atoms with Crippen molar-refractivity contribution in [1.82, 2.24) is 4.90 Å². The topological polar surface area (TPSA) is 75.4 Å². The number of benzene rings is 1. The fraction of sp³-hybridized carbons (Fsp3) is 0.467. The number of halogens is 1. The lowest BCUT2D eigenvalue weighted by atomic mass is 10.1. The first-order valence-electron chi connectivity index (χ1n) is 7.00. The van der Waals surface area contributed by atoms with E-state index in [9.17, 15) is 14.0 Å². The second-order valence-corrected chi connectivity index (χ2v) is 5.52. The minimum Gasteiger partial charge on any atom is -0.336 e. The average molecular weight is 293 g/mol.